The van der Waals surface area contributed by atoms with Crippen molar-refractivity contribution in [2.75, 3.05) is 12.4 Å². The number of carbonyl (C=O) groups excluding carboxylic acids is 1. The second-order valence-electron chi connectivity index (χ2n) is 5.90. The average Bonchev–Trinajstić information content (AvgIpc) is 3.16. The topological polar surface area (TPSA) is 111 Å². The van der Waals surface area contributed by atoms with Gasteiger partial charge < -0.3 is 4.52 Å². The van der Waals surface area contributed by atoms with Crippen LogP contribution in [0.4, 0.5) is 5.88 Å². The first-order valence-corrected chi connectivity index (χ1v) is 9.93. The number of nitrogens with zero attached hydrogens (tertiary/aromatic N) is 1. The summed E-state index contributed by atoms with van der Waals surface area (Å²) in [7, 11) is -2.58. The summed E-state index contributed by atoms with van der Waals surface area (Å²) in [6, 6.07) is 14.9. The molecule has 2 aromatic carbocycles. The van der Waals surface area contributed by atoms with Gasteiger partial charge in [0.15, 0.2) is 0 Å². The molecular weight excluding hydrogens is 382 g/mol. The van der Waals surface area contributed by atoms with Crippen molar-refractivity contribution in [3.63, 3.8) is 0 Å². The molecule has 0 aliphatic heterocycles. The molecule has 0 spiro atoms. The van der Waals surface area contributed by atoms with E-state index in [1.54, 1.807) is 6.07 Å². The van der Waals surface area contributed by atoms with Crippen LogP contribution >= 0.6 is 0 Å². The molecule has 0 bridgehead atoms. The fourth-order valence-corrected chi connectivity index (χ4v) is 3.32. The van der Waals surface area contributed by atoms with E-state index in [9.17, 15) is 13.2 Å². The Bertz CT molecular complexity index is 1060. The lowest BCUT2D eigenvalue weighted by Gasteiger charge is -2.05. The first-order valence-electron chi connectivity index (χ1n) is 8.45. The molecule has 9 heteroatoms. The van der Waals surface area contributed by atoms with Crippen molar-refractivity contribution in [1.29, 1.82) is 0 Å². The number of aryl methyl sites for hydroxylation is 1. The molecule has 0 saturated heterocycles. The van der Waals surface area contributed by atoms with E-state index in [1.165, 1.54) is 36.9 Å². The molecule has 1 amide bonds. The maximum absolute atomic E-state index is 12.3. The Morgan fingerprint density at radius 1 is 1.11 bits per heavy atom. The molecule has 0 aliphatic rings. The Balaban J connectivity index is 1.70. The molecule has 1 heterocycles. The third-order valence-electron chi connectivity index (χ3n) is 4.02. The minimum atomic E-state index is -3.78. The molecule has 3 rings (SSSR count). The standard InChI is InChI=1S/C19H19N3O5S/c1-3-13-4-6-14(7-5-13)17-12-18(27-21-17)20-19(23)15-8-10-16(11-9-15)28(24,25)22-26-2/h4-12,22H,3H2,1-2H3,(H,20,23). The summed E-state index contributed by atoms with van der Waals surface area (Å²) in [4.78, 5) is 18.7. The molecule has 146 valence electrons. The van der Waals surface area contributed by atoms with Crippen molar-refractivity contribution in [2.24, 2.45) is 0 Å². The Hall–Kier alpha value is -3.01. The van der Waals surface area contributed by atoms with Gasteiger partial charge in [0.2, 0.25) is 5.88 Å². The van der Waals surface area contributed by atoms with Gasteiger partial charge in [0, 0.05) is 17.2 Å². The van der Waals surface area contributed by atoms with Gasteiger partial charge in [-0.15, -0.1) is 0 Å². The number of anilines is 1. The van der Waals surface area contributed by atoms with Crippen molar-refractivity contribution in [1.82, 2.24) is 10.0 Å². The second kappa shape index (κ2) is 8.34. The van der Waals surface area contributed by atoms with Crippen molar-refractivity contribution >= 4 is 21.8 Å². The predicted molar refractivity (Wildman–Crippen MR) is 103 cm³/mol. The molecule has 28 heavy (non-hydrogen) atoms. The van der Waals surface area contributed by atoms with E-state index >= 15 is 0 Å². The van der Waals surface area contributed by atoms with Crippen LogP contribution in [0.1, 0.15) is 22.8 Å². The number of nitrogens with one attached hydrogen (secondary N) is 2. The van der Waals surface area contributed by atoms with Crippen LogP contribution in [0, 0.1) is 0 Å². The maximum atomic E-state index is 12.3. The number of sulfonamides is 1. The van der Waals surface area contributed by atoms with Gasteiger partial charge in [-0.2, -0.15) is 0 Å². The third kappa shape index (κ3) is 4.45. The molecule has 3 aromatic rings. The molecule has 2 N–H and O–H groups in total. The SMILES string of the molecule is CCc1ccc(-c2cc(NC(=O)c3ccc(S(=O)(=O)NOC)cc3)on2)cc1. The van der Waals surface area contributed by atoms with E-state index in [4.69, 9.17) is 4.52 Å². The van der Waals surface area contributed by atoms with E-state index in [0.717, 1.165) is 12.0 Å². The molecule has 0 unspecified atom stereocenters. The van der Waals surface area contributed by atoms with E-state index in [-0.39, 0.29) is 16.3 Å². The number of hydrogen-bond donors (Lipinski definition) is 2. The fraction of sp³-hybridized carbons (Fsp3) is 0.158. The highest BCUT2D eigenvalue weighted by Gasteiger charge is 2.16. The van der Waals surface area contributed by atoms with Crippen molar-refractivity contribution in [3.05, 3.63) is 65.7 Å². The highest BCUT2D eigenvalue weighted by Crippen LogP contribution is 2.23. The maximum Gasteiger partial charge on any atom is 0.262 e. The number of rotatable bonds is 7. The highest BCUT2D eigenvalue weighted by molar-refractivity contribution is 7.89. The minimum Gasteiger partial charge on any atom is -0.338 e. The Morgan fingerprint density at radius 2 is 1.79 bits per heavy atom. The molecule has 1 aromatic heterocycles. The summed E-state index contributed by atoms with van der Waals surface area (Å²) in [6.45, 7) is 2.08. The van der Waals surface area contributed by atoms with Gasteiger partial charge in [0.25, 0.3) is 15.9 Å². The minimum absolute atomic E-state index is 0.0247. The van der Waals surface area contributed by atoms with Gasteiger partial charge in [-0.25, -0.2) is 8.42 Å². The van der Waals surface area contributed by atoms with Crippen LogP contribution in [0.5, 0.6) is 0 Å². The zero-order valence-electron chi connectivity index (χ0n) is 15.3. The first kappa shape index (κ1) is 19.7. The smallest absolute Gasteiger partial charge is 0.262 e. The van der Waals surface area contributed by atoms with Crippen molar-refractivity contribution < 1.29 is 22.6 Å². The predicted octanol–water partition coefficient (Wildman–Crippen LogP) is 3.00. The Kier molecular flexibility index (Phi) is 5.88. The normalized spacial score (nSPS) is 11.4. The van der Waals surface area contributed by atoms with Crippen LogP contribution in [0.25, 0.3) is 11.3 Å². The van der Waals surface area contributed by atoms with E-state index < -0.39 is 15.9 Å². The van der Waals surface area contributed by atoms with Gasteiger partial charge in [-0.1, -0.05) is 41.2 Å². The van der Waals surface area contributed by atoms with Crippen LogP contribution < -0.4 is 10.2 Å². The lowest BCUT2D eigenvalue weighted by atomic mass is 10.1. The first-order chi connectivity index (χ1) is 13.4. The monoisotopic (exact) mass is 401 g/mol. The number of amides is 1. The van der Waals surface area contributed by atoms with Crippen LogP contribution in [-0.4, -0.2) is 26.6 Å². The molecule has 0 atom stereocenters. The van der Waals surface area contributed by atoms with Crippen LogP contribution in [-0.2, 0) is 21.3 Å². The molecule has 0 saturated carbocycles. The molecule has 0 radical (unpaired) electrons. The summed E-state index contributed by atoms with van der Waals surface area (Å²) in [5, 5.41) is 6.56. The molecule has 8 nitrogen and oxygen atoms in total. The van der Waals surface area contributed by atoms with Crippen LogP contribution in [0.3, 0.4) is 0 Å². The zero-order valence-corrected chi connectivity index (χ0v) is 16.1. The van der Waals surface area contributed by atoms with Gasteiger partial charge in [-0.3, -0.25) is 14.9 Å². The summed E-state index contributed by atoms with van der Waals surface area (Å²) in [6.07, 6.45) is 0.946. The Morgan fingerprint density at radius 3 is 2.39 bits per heavy atom. The summed E-state index contributed by atoms with van der Waals surface area (Å²) >= 11 is 0. The number of hydrogen-bond acceptors (Lipinski definition) is 6. The van der Waals surface area contributed by atoms with Gasteiger partial charge in [-0.05, 0) is 36.2 Å². The second-order valence-corrected chi connectivity index (χ2v) is 7.54. The fourth-order valence-electron chi connectivity index (χ4n) is 2.51. The molecule has 0 aliphatic carbocycles. The van der Waals surface area contributed by atoms with Gasteiger partial charge in [0.05, 0.1) is 12.0 Å². The zero-order chi connectivity index (χ0) is 20.1. The van der Waals surface area contributed by atoms with Gasteiger partial charge in [0.1, 0.15) is 5.69 Å². The van der Waals surface area contributed by atoms with Crippen LogP contribution in [0.2, 0.25) is 0 Å². The third-order valence-corrected chi connectivity index (χ3v) is 5.30. The number of aromatic nitrogens is 1. The van der Waals surface area contributed by atoms with Gasteiger partial charge >= 0.3 is 0 Å². The lowest BCUT2D eigenvalue weighted by molar-refractivity contribution is 0.102. The summed E-state index contributed by atoms with van der Waals surface area (Å²) in [5.74, 6) is -0.259. The average molecular weight is 401 g/mol. The molecular formula is C19H19N3O5S. The van der Waals surface area contributed by atoms with E-state index in [1.807, 2.05) is 29.2 Å². The number of carbonyl (C=O) groups is 1. The lowest BCUT2D eigenvalue weighted by Crippen LogP contribution is -2.22. The Labute approximate surface area is 162 Å². The van der Waals surface area contributed by atoms with Crippen molar-refractivity contribution in [3.8, 4) is 11.3 Å². The van der Waals surface area contributed by atoms with E-state index in [2.05, 4.69) is 22.2 Å². The molecule has 0 fully saturated rings. The quantitative estimate of drug-likeness (QED) is 0.589. The van der Waals surface area contributed by atoms with Crippen molar-refractivity contribution in [2.45, 2.75) is 18.2 Å². The summed E-state index contributed by atoms with van der Waals surface area (Å²) in [5.41, 5.74) is 2.96. The largest absolute Gasteiger partial charge is 0.338 e. The van der Waals surface area contributed by atoms with E-state index in [0.29, 0.717) is 5.69 Å². The highest BCUT2D eigenvalue weighted by atomic mass is 32.2. The van der Waals surface area contributed by atoms with Crippen LogP contribution in [0.15, 0.2) is 64.0 Å². The number of benzene rings is 2. The summed E-state index contributed by atoms with van der Waals surface area (Å²) < 4.78 is 28.8.